The Morgan fingerprint density at radius 3 is 2.24 bits per heavy atom. The number of anilines is 2. The maximum atomic E-state index is 14.2. The zero-order valence-electron chi connectivity index (χ0n) is 22.9. The molecule has 4 heterocycles. The molecule has 2 fully saturated rings. The molecule has 2 saturated heterocycles. The van der Waals surface area contributed by atoms with E-state index in [4.69, 9.17) is 5.11 Å². The fourth-order valence-electron chi connectivity index (χ4n) is 5.67. The summed E-state index contributed by atoms with van der Waals surface area (Å²) >= 11 is 0. The van der Waals surface area contributed by atoms with Crippen LogP contribution in [0.15, 0.2) is 85.5 Å². The highest BCUT2D eigenvalue weighted by atomic mass is 16.7. The number of carbonyl (C=O) groups excluding carboxylic acids is 2. The number of ether oxygens (including phenoxy) is 1. The minimum Gasteiger partial charge on any atom is -0.449 e. The maximum Gasteiger partial charge on any atom is 0.511 e. The number of benzene rings is 2. The van der Waals surface area contributed by atoms with Gasteiger partial charge < -0.3 is 9.84 Å². The Bertz CT molecular complexity index is 1620. The Morgan fingerprint density at radius 2 is 1.62 bits per heavy atom. The second-order valence-corrected chi connectivity index (χ2v) is 10.3. The number of hydrogen-bond acceptors (Lipinski definition) is 8. The number of piperidine rings is 1. The van der Waals surface area contributed by atoms with Crippen molar-refractivity contribution in [3.63, 3.8) is 0 Å². The summed E-state index contributed by atoms with van der Waals surface area (Å²) in [5.41, 5.74) is 3.17. The molecule has 2 aliphatic rings. The Balaban J connectivity index is 1.26. The lowest BCUT2D eigenvalue weighted by Gasteiger charge is -2.41. The normalized spacial score (nSPS) is 16.7. The van der Waals surface area contributed by atoms with Gasteiger partial charge in [-0.2, -0.15) is 0 Å². The molecule has 0 saturated carbocycles. The summed E-state index contributed by atoms with van der Waals surface area (Å²) in [6.07, 6.45) is 4.26. The smallest absolute Gasteiger partial charge is 0.449 e. The molecule has 11 nitrogen and oxygen atoms in total. The molecule has 11 heteroatoms. The van der Waals surface area contributed by atoms with E-state index >= 15 is 0 Å². The zero-order chi connectivity index (χ0) is 29.3. The predicted octanol–water partition coefficient (Wildman–Crippen LogP) is 4.91. The van der Waals surface area contributed by atoms with E-state index < -0.39 is 17.7 Å². The highest BCUT2D eigenvalue weighted by Gasteiger charge is 2.59. The second-order valence-electron chi connectivity index (χ2n) is 10.3. The van der Waals surface area contributed by atoms with Gasteiger partial charge >= 0.3 is 12.2 Å². The van der Waals surface area contributed by atoms with Crippen molar-refractivity contribution in [3.05, 3.63) is 96.7 Å². The summed E-state index contributed by atoms with van der Waals surface area (Å²) in [6.45, 7) is 3.94. The average molecular weight is 565 g/mol. The third-order valence-electron chi connectivity index (χ3n) is 7.90. The second kappa shape index (κ2) is 11.0. The van der Waals surface area contributed by atoms with Crippen molar-refractivity contribution in [2.45, 2.75) is 31.8 Å². The SMILES string of the molecule is Cc1cccnc1CN1CCC2(CC1)C(=O)N(c1ccc(-c3ccc(OC(=O)O)cc3)cc1)C(=O)N2c1ccncn1. The molecule has 4 aromatic rings. The van der Waals surface area contributed by atoms with Crippen molar-refractivity contribution in [3.8, 4) is 16.9 Å². The molecule has 1 spiro atoms. The first-order valence-electron chi connectivity index (χ1n) is 13.5. The fourth-order valence-corrected chi connectivity index (χ4v) is 5.67. The van der Waals surface area contributed by atoms with Crippen LogP contribution >= 0.6 is 0 Å². The van der Waals surface area contributed by atoms with Gasteiger partial charge in [0.05, 0.1) is 11.4 Å². The average Bonchev–Trinajstić information content (AvgIpc) is 3.21. The summed E-state index contributed by atoms with van der Waals surface area (Å²) in [7, 11) is 0. The lowest BCUT2D eigenvalue weighted by Crippen LogP contribution is -2.57. The van der Waals surface area contributed by atoms with Crippen molar-refractivity contribution in [2.24, 2.45) is 0 Å². The largest absolute Gasteiger partial charge is 0.511 e. The van der Waals surface area contributed by atoms with E-state index in [0.717, 1.165) is 22.4 Å². The van der Waals surface area contributed by atoms with Crippen molar-refractivity contribution < 1.29 is 24.2 Å². The minimum absolute atomic E-state index is 0.215. The van der Waals surface area contributed by atoms with Gasteiger partial charge in [0.2, 0.25) is 0 Å². The number of amides is 3. The van der Waals surface area contributed by atoms with Gasteiger partial charge in [0.15, 0.2) is 0 Å². The van der Waals surface area contributed by atoms with Crippen molar-refractivity contribution in [1.29, 1.82) is 0 Å². The molecule has 2 aliphatic heterocycles. The van der Waals surface area contributed by atoms with E-state index in [-0.39, 0.29) is 11.7 Å². The highest BCUT2D eigenvalue weighted by Crippen LogP contribution is 2.42. The van der Waals surface area contributed by atoms with E-state index in [1.54, 1.807) is 54.9 Å². The highest BCUT2D eigenvalue weighted by molar-refractivity contribution is 6.30. The number of likely N-dealkylation sites (tertiary alicyclic amines) is 1. The van der Waals surface area contributed by atoms with E-state index in [0.29, 0.717) is 44.0 Å². The predicted molar refractivity (Wildman–Crippen MR) is 154 cm³/mol. The lowest BCUT2D eigenvalue weighted by molar-refractivity contribution is -0.123. The lowest BCUT2D eigenvalue weighted by atomic mass is 9.85. The van der Waals surface area contributed by atoms with Crippen LogP contribution < -0.4 is 14.5 Å². The van der Waals surface area contributed by atoms with E-state index in [2.05, 4.69) is 24.6 Å². The van der Waals surface area contributed by atoms with E-state index in [1.165, 1.54) is 16.1 Å². The standard InChI is InChI=1S/C31H28N6O5/c1-21-3-2-15-33-26(21)19-35-17-13-31(14-18-35)28(38)36(29(39)37(31)27-12-16-32-20-34-27)24-8-4-22(5-9-24)23-6-10-25(11-7-23)42-30(40)41/h2-12,15-16,20H,13-14,17-19H2,1H3,(H,40,41). The topological polar surface area (TPSA) is 129 Å². The third-order valence-corrected chi connectivity index (χ3v) is 7.90. The molecule has 3 amide bonds. The quantitative estimate of drug-likeness (QED) is 0.197. The van der Waals surface area contributed by atoms with Crippen LogP contribution in [-0.2, 0) is 11.3 Å². The van der Waals surface area contributed by atoms with Gasteiger partial charge in [0, 0.05) is 32.0 Å². The Hall–Kier alpha value is -5.16. The number of aromatic nitrogens is 3. The molecule has 212 valence electrons. The number of aryl methyl sites for hydroxylation is 1. The van der Waals surface area contributed by atoms with Crippen LogP contribution in [0, 0.1) is 6.92 Å². The molecule has 6 rings (SSSR count). The first-order chi connectivity index (χ1) is 20.4. The Labute approximate surface area is 242 Å². The molecule has 0 aliphatic carbocycles. The monoisotopic (exact) mass is 564 g/mol. The Morgan fingerprint density at radius 1 is 0.929 bits per heavy atom. The Kier molecular flexibility index (Phi) is 7.09. The zero-order valence-corrected chi connectivity index (χ0v) is 22.9. The summed E-state index contributed by atoms with van der Waals surface area (Å²) < 4.78 is 4.67. The fraction of sp³-hybridized carbons (Fsp3) is 0.226. The van der Waals surface area contributed by atoms with Crippen molar-refractivity contribution in [1.82, 2.24) is 19.9 Å². The van der Waals surface area contributed by atoms with Crippen LogP contribution in [0.4, 0.5) is 21.1 Å². The molecular formula is C31H28N6O5. The summed E-state index contributed by atoms with van der Waals surface area (Å²) in [5, 5.41) is 8.80. The van der Waals surface area contributed by atoms with Crippen LogP contribution in [0.1, 0.15) is 24.1 Å². The van der Waals surface area contributed by atoms with E-state index in [9.17, 15) is 14.4 Å². The van der Waals surface area contributed by atoms with Crippen LogP contribution in [0.3, 0.4) is 0 Å². The maximum absolute atomic E-state index is 14.2. The molecule has 0 atom stereocenters. The number of carboxylic acid groups (broad SMARTS) is 1. The van der Waals surface area contributed by atoms with Gasteiger partial charge in [-0.1, -0.05) is 30.3 Å². The van der Waals surface area contributed by atoms with Gasteiger partial charge in [0.1, 0.15) is 23.4 Å². The van der Waals surface area contributed by atoms with Gasteiger partial charge in [0.25, 0.3) is 5.91 Å². The number of pyridine rings is 1. The van der Waals surface area contributed by atoms with Crippen molar-refractivity contribution in [2.75, 3.05) is 22.9 Å². The van der Waals surface area contributed by atoms with Crippen LogP contribution in [0.5, 0.6) is 5.75 Å². The summed E-state index contributed by atoms with van der Waals surface area (Å²) in [6, 6.07) is 18.9. The number of urea groups is 1. The number of rotatable bonds is 6. The first-order valence-corrected chi connectivity index (χ1v) is 13.5. The minimum atomic E-state index is -1.38. The molecule has 2 aromatic heterocycles. The molecule has 1 N–H and O–H groups in total. The van der Waals surface area contributed by atoms with Gasteiger partial charge in [-0.25, -0.2) is 24.5 Å². The number of imide groups is 1. The van der Waals surface area contributed by atoms with Gasteiger partial charge in [-0.15, -0.1) is 0 Å². The van der Waals surface area contributed by atoms with E-state index in [1.807, 2.05) is 31.2 Å². The molecule has 0 bridgehead atoms. The van der Waals surface area contributed by atoms with Crippen LogP contribution in [-0.4, -0.2) is 61.7 Å². The number of hydrogen-bond donors (Lipinski definition) is 1. The molecular weight excluding hydrogens is 536 g/mol. The third kappa shape index (κ3) is 4.94. The summed E-state index contributed by atoms with van der Waals surface area (Å²) in [4.78, 5) is 56.9. The number of nitrogens with zero attached hydrogens (tertiary/aromatic N) is 6. The molecule has 2 aromatic carbocycles. The molecule has 0 unspecified atom stereocenters. The number of carbonyl (C=O) groups is 3. The van der Waals surface area contributed by atoms with Crippen molar-refractivity contribution >= 4 is 29.6 Å². The molecule has 0 radical (unpaired) electrons. The van der Waals surface area contributed by atoms with Crippen LogP contribution in [0.25, 0.3) is 11.1 Å². The first kappa shape index (κ1) is 27.0. The summed E-state index contributed by atoms with van der Waals surface area (Å²) in [5.74, 6) is 0.329. The molecule has 42 heavy (non-hydrogen) atoms. The van der Waals surface area contributed by atoms with Crippen LogP contribution in [0.2, 0.25) is 0 Å². The van der Waals surface area contributed by atoms with Gasteiger partial charge in [-0.05, 0) is 72.9 Å². The van der Waals surface area contributed by atoms with Gasteiger partial charge in [-0.3, -0.25) is 19.6 Å².